The molecular weight excluding hydrogens is 321 g/mol. The Labute approximate surface area is 167 Å². The molecule has 0 heterocycles. The van der Waals surface area contributed by atoms with E-state index in [9.17, 15) is 4.79 Å². The molecule has 3 rings (SSSR count). The summed E-state index contributed by atoms with van der Waals surface area (Å²) in [5.74, 6) is 0.798. The molecule has 0 fully saturated rings. The number of hydrogen-bond acceptors (Lipinski definition) is 3. The number of fused-ring (bicyclic) bond motifs is 1. The van der Waals surface area contributed by atoms with Crippen LogP contribution in [0.15, 0.2) is 48.5 Å². The number of ether oxygens (including phenoxy) is 1. The minimum absolute atomic E-state index is 0. The van der Waals surface area contributed by atoms with Gasteiger partial charge in [-0.15, -0.1) is 0 Å². The van der Waals surface area contributed by atoms with Crippen LogP contribution in [-0.2, 0) is 11.2 Å². The Kier molecular flexibility index (Phi) is 7.34. The average Bonchev–Trinajstić information content (AvgIpc) is 2.61. The molecule has 2 atom stereocenters. The van der Waals surface area contributed by atoms with Gasteiger partial charge in [0.25, 0.3) is 0 Å². The van der Waals surface area contributed by atoms with Crippen LogP contribution in [0.4, 0.5) is 0 Å². The van der Waals surface area contributed by atoms with Crippen molar-refractivity contribution in [1.82, 2.24) is 4.90 Å². The first kappa shape index (κ1) is 20.6. The summed E-state index contributed by atoms with van der Waals surface area (Å²) in [6.07, 6.45) is 2.05. The number of likely N-dealkylation sites (N-methyl/N-ethyl adjacent to an activating group) is 1. The molecule has 5 heteroatoms. The van der Waals surface area contributed by atoms with E-state index in [1.54, 1.807) is 7.11 Å². The van der Waals surface area contributed by atoms with Crippen LogP contribution in [0.5, 0.6) is 5.75 Å². The summed E-state index contributed by atoms with van der Waals surface area (Å²) < 4.78 is 5.38. The van der Waals surface area contributed by atoms with Crippen molar-refractivity contribution in [3.05, 3.63) is 65.2 Å². The van der Waals surface area contributed by atoms with Gasteiger partial charge < -0.3 is 9.84 Å². The fraction of sp³-hybridized carbons (Fsp3) is 0.381. The van der Waals surface area contributed by atoms with E-state index in [0.717, 1.165) is 25.1 Å². The summed E-state index contributed by atoms with van der Waals surface area (Å²) in [4.78, 5) is 12.9. The zero-order valence-electron chi connectivity index (χ0n) is 14.8. The van der Waals surface area contributed by atoms with Gasteiger partial charge in [-0.1, -0.05) is 36.4 Å². The number of hydrogen-bond donors (Lipinski definition) is 1. The van der Waals surface area contributed by atoms with Crippen molar-refractivity contribution in [2.75, 3.05) is 27.2 Å². The molecule has 0 bridgehead atoms. The van der Waals surface area contributed by atoms with Crippen molar-refractivity contribution in [3.8, 4) is 5.75 Å². The molecule has 134 valence electrons. The number of aryl methyl sites for hydroxylation is 1. The van der Waals surface area contributed by atoms with Gasteiger partial charge in [-0.3, -0.25) is 9.69 Å². The first-order valence-corrected chi connectivity index (χ1v) is 8.70. The van der Waals surface area contributed by atoms with E-state index in [0.29, 0.717) is 5.92 Å². The molecule has 0 amide bonds. The van der Waals surface area contributed by atoms with Crippen LogP contribution in [0.1, 0.15) is 29.0 Å². The molecule has 2 aromatic rings. The molecule has 1 aliphatic carbocycles. The van der Waals surface area contributed by atoms with Crippen LogP contribution in [-0.4, -0.2) is 62.1 Å². The first-order valence-electron chi connectivity index (χ1n) is 8.70. The van der Waals surface area contributed by atoms with Crippen LogP contribution in [0.25, 0.3) is 0 Å². The Hall–Kier alpha value is -1.73. The second-order valence-electron chi connectivity index (χ2n) is 6.84. The van der Waals surface area contributed by atoms with Crippen molar-refractivity contribution < 1.29 is 14.6 Å². The Morgan fingerprint density at radius 2 is 1.96 bits per heavy atom. The molecule has 1 aliphatic rings. The van der Waals surface area contributed by atoms with E-state index in [4.69, 9.17) is 9.84 Å². The Balaban J connectivity index is 0.00000243. The van der Waals surface area contributed by atoms with Crippen LogP contribution in [0.2, 0.25) is 0 Å². The number of carboxylic acid groups (broad SMARTS) is 1. The van der Waals surface area contributed by atoms with E-state index in [2.05, 4.69) is 36.4 Å². The van der Waals surface area contributed by atoms with Crippen LogP contribution in [0, 0.1) is 5.92 Å². The van der Waals surface area contributed by atoms with Gasteiger partial charge in [0.15, 0.2) is 0 Å². The predicted molar refractivity (Wildman–Crippen MR) is 105 cm³/mol. The Morgan fingerprint density at radius 1 is 1.23 bits per heavy atom. The average molecular weight is 347 g/mol. The van der Waals surface area contributed by atoms with E-state index in [1.165, 1.54) is 16.7 Å². The summed E-state index contributed by atoms with van der Waals surface area (Å²) in [5.41, 5.74) is 3.97. The van der Waals surface area contributed by atoms with Gasteiger partial charge in [0, 0.05) is 12.5 Å². The Morgan fingerprint density at radius 3 is 2.62 bits per heavy atom. The maximum atomic E-state index is 11.0. The zero-order valence-corrected chi connectivity index (χ0v) is 14.8. The van der Waals surface area contributed by atoms with Gasteiger partial charge in [-0.05, 0) is 54.6 Å². The molecule has 0 aliphatic heterocycles. The van der Waals surface area contributed by atoms with Crippen molar-refractivity contribution in [3.63, 3.8) is 0 Å². The van der Waals surface area contributed by atoms with Gasteiger partial charge in [-0.2, -0.15) is 0 Å². The fourth-order valence-corrected chi connectivity index (χ4v) is 4.00. The van der Waals surface area contributed by atoms with Gasteiger partial charge in [0.2, 0.25) is 0 Å². The van der Waals surface area contributed by atoms with Crippen LogP contribution < -0.4 is 4.74 Å². The second-order valence-corrected chi connectivity index (χ2v) is 6.84. The topological polar surface area (TPSA) is 49.8 Å². The predicted octanol–water partition coefficient (Wildman–Crippen LogP) is 2.76. The molecule has 0 radical (unpaired) electrons. The molecule has 0 aromatic heterocycles. The molecule has 0 saturated carbocycles. The normalized spacial score (nSPS) is 18.7. The van der Waals surface area contributed by atoms with Crippen molar-refractivity contribution in [2.24, 2.45) is 5.92 Å². The number of carbonyl (C=O) groups is 1. The third-order valence-corrected chi connectivity index (χ3v) is 5.05. The first-order chi connectivity index (χ1) is 12.1. The van der Waals surface area contributed by atoms with Gasteiger partial charge in [0.05, 0.1) is 13.7 Å². The third kappa shape index (κ3) is 4.70. The summed E-state index contributed by atoms with van der Waals surface area (Å²) in [7, 11) is 3.59. The van der Waals surface area contributed by atoms with Crippen molar-refractivity contribution in [2.45, 2.75) is 18.8 Å². The molecule has 0 saturated heterocycles. The monoisotopic (exact) mass is 347 g/mol. The molecule has 2 unspecified atom stereocenters. The molecule has 4 nitrogen and oxygen atoms in total. The number of carboxylic acids is 1. The second kappa shape index (κ2) is 9.28. The van der Waals surface area contributed by atoms with E-state index in [1.807, 2.05) is 24.1 Å². The molecule has 0 spiro atoms. The summed E-state index contributed by atoms with van der Waals surface area (Å²) in [6.45, 7) is 0.852. The van der Waals surface area contributed by atoms with Crippen molar-refractivity contribution >= 4 is 24.8 Å². The number of nitrogens with zero attached hydrogens (tertiary/aromatic N) is 1. The summed E-state index contributed by atoms with van der Waals surface area (Å²) in [6, 6.07) is 16.9. The van der Waals surface area contributed by atoms with Crippen LogP contribution >= 0.6 is 0 Å². The SMILES string of the molecule is COc1ccc2c(c1)CCC(CN(C)CC(=O)O)C2c1ccccc1.[LiH]. The summed E-state index contributed by atoms with van der Waals surface area (Å²) >= 11 is 0. The zero-order chi connectivity index (χ0) is 17.8. The number of methoxy groups -OCH3 is 1. The molecule has 1 N–H and O–H groups in total. The van der Waals surface area contributed by atoms with Gasteiger partial charge in [0.1, 0.15) is 5.75 Å². The number of rotatable bonds is 6. The maximum absolute atomic E-state index is 11.0. The minimum atomic E-state index is -0.778. The van der Waals surface area contributed by atoms with Gasteiger partial charge >= 0.3 is 24.8 Å². The standard InChI is InChI=1S/C21H25NO3.Li.H/c1-22(14-20(23)24)13-17-9-8-16-12-18(25-2)10-11-19(16)21(17)15-6-4-3-5-7-15;;/h3-7,10-12,17,21H,8-9,13-14H2,1-2H3,(H,23,24);;. The summed E-state index contributed by atoms with van der Waals surface area (Å²) in [5, 5.41) is 9.06. The van der Waals surface area contributed by atoms with Crippen molar-refractivity contribution in [1.29, 1.82) is 0 Å². The van der Waals surface area contributed by atoms with E-state index >= 15 is 0 Å². The third-order valence-electron chi connectivity index (χ3n) is 5.05. The number of aliphatic carboxylic acids is 1. The Bertz CT molecular complexity index is 735. The van der Waals surface area contributed by atoms with E-state index in [-0.39, 0.29) is 31.3 Å². The van der Waals surface area contributed by atoms with Crippen LogP contribution in [0.3, 0.4) is 0 Å². The molecular formula is C21H26LiNO3. The molecule has 26 heavy (non-hydrogen) atoms. The fourth-order valence-electron chi connectivity index (χ4n) is 4.00. The number of benzene rings is 2. The van der Waals surface area contributed by atoms with E-state index < -0.39 is 5.97 Å². The van der Waals surface area contributed by atoms with Gasteiger partial charge in [-0.25, -0.2) is 0 Å². The molecule has 2 aromatic carbocycles. The quantitative estimate of drug-likeness (QED) is 0.817.